The van der Waals surface area contributed by atoms with Gasteiger partial charge in [0, 0.05) is 5.56 Å². The van der Waals surface area contributed by atoms with Gasteiger partial charge in [-0.05, 0) is 96.0 Å². The molecule has 0 unspecified atom stereocenters. The zero-order valence-corrected chi connectivity index (χ0v) is 21.4. The molecular weight excluding hydrogens is 474 g/mol. The highest BCUT2D eigenvalue weighted by Gasteiger charge is 2.29. The molecule has 0 atom stereocenters. The molecule has 0 spiro atoms. The lowest BCUT2D eigenvalue weighted by Gasteiger charge is -2.19. The third kappa shape index (κ3) is 3.64. The predicted octanol–water partition coefficient (Wildman–Crippen LogP) is 5.26. The van der Waals surface area contributed by atoms with E-state index in [-0.39, 0.29) is 5.56 Å². The van der Waals surface area contributed by atoms with Crippen molar-refractivity contribution in [3.63, 3.8) is 0 Å². The Labute approximate surface area is 220 Å². The zero-order chi connectivity index (χ0) is 26.8. The van der Waals surface area contributed by atoms with E-state index in [4.69, 9.17) is 5.73 Å². The Kier molecular flexibility index (Phi) is 5.33. The molecule has 4 aromatic carbocycles. The fourth-order valence-electron chi connectivity index (χ4n) is 5.57. The summed E-state index contributed by atoms with van der Waals surface area (Å²) in [5.74, 6) is -0.470. The molecule has 1 aromatic heterocycles. The standard InChI is InChI=1S/C32H27N3O3/c1-18-21(8-6-10-28(18)35-17-34-27-9-5-4-7-25(27)31(35)37)23-13-14-24(30(33)36)26-16-19-15-20(32(2,3)38)11-12-22(19)29(23)26/h4-15,17,38H,16H2,1-3H3,(H2,33,36). The molecule has 1 aliphatic rings. The van der Waals surface area contributed by atoms with Crippen molar-refractivity contribution in [3.05, 3.63) is 117 Å². The first-order valence-electron chi connectivity index (χ1n) is 12.5. The minimum Gasteiger partial charge on any atom is -0.386 e. The molecule has 6 heteroatoms. The molecule has 5 aromatic rings. The average Bonchev–Trinajstić information content (AvgIpc) is 3.27. The van der Waals surface area contributed by atoms with Crippen molar-refractivity contribution >= 4 is 16.8 Å². The van der Waals surface area contributed by atoms with Gasteiger partial charge in [0.25, 0.3) is 5.56 Å². The van der Waals surface area contributed by atoms with Crippen LogP contribution in [0.1, 0.15) is 46.5 Å². The lowest BCUT2D eigenvalue weighted by molar-refractivity contribution is 0.0785. The minimum absolute atomic E-state index is 0.130. The van der Waals surface area contributed by atoms with E-state index >= 15 is 0 Å². The summed E-state index contributed by atoms with van der Waals surface area (Å²) in [4.78, 5) is 30.2. The van der Waals surface area contributed by atoms with E-state index in [2.05, 4.69) is 4.98 Å². The molecule has 6 rings (SSSR count). The molecule has 0 saturated carbocycles. The lowest BCUT2D eigenvalue weighted by Crippen LogP contribution is -2.19. The van der Waals surface area contributed by atoms with E-state index in [9.17, 15) is 14.7 Å². The number of nitrogens with zero attached hydrogens (tertiary/aromatic N) is 2. The van der Waals surface area contributed by atoms with E-state index in [1.54, 1.807) is 36.9 Å². The molecular formula is C32H27N3O3. The number of hydrogen-bond donors (Lipinski definition) is 2. The number of aliphatic hydroxyl groups is 1. The number of para-hydroxylation sites is 1. The number of rotatable bonds is 4. The monoisotopic (exact) mass is 501 g/mol. The minimum atomic E-state index is -0.981. The summed E-state index contributed by atoms with van der Waals surface area (Å²) >= 11 is 0. The van der Waals surface area contributed by atoms with Crippen molar-refractivity contribution in [2.75, 3.05) is 0 Å². The number of carbonyl (C=O) groups excluding carboxylic acids is 1. The first kappa shape index (κ1) is 23.8. The second kappa shape index (κ2) is 8.50. The van der Waals surface area contributed by atoms with Crippen LogP contribution < -0.4 is 11.3 Å². The number of aromatic nitrogens is 2. The largest absolute Gasteiger partial charge is 0.386 e. The molecule has 0 bridgehead atoms. The number of nitrogens with two attached hydrogens (primary N) is 1. The Morgan fingerprint density at radius 3 is 2.50 bits per heavy atom. The van der Waals surface area contributed by atoms with Gasteiger partial charge in [0.05, 0.1) is 22.2 Å². The van der Waals surface area contributed by atoms with Crippen LogP contribution in [0.2, 0.25) is 0 Å². The third-order valence-electron chi connectivity index (χ3n) is 7.55. The van der Waals surface area contributed by atoms with Gasteiger partial charge in [0.2, 0.25) is 5.91 Å². The van der Waals surface area contributed by atoms with Gasteiger partial charge < -0.3 is 10.8 Å². The van der Waals surface area contributed by atoms with Crippen LogP contribution in [-0.2, 0) is 12.0 Å². The summed E-state index contributed by atoms with van der Waals surface area (Å²) in [6.07, 6.45) is 2.12. The molecule has 3 N–H and O–H groups in total. The maximum Gasteiger partial charge on any atom is 0.265 e. The Balaban J connectivity index is 1.58. The Bertz CT molecular complexity index is 1840. The molecule has 6 nitrogen and oxygen atoms in total. The normalized spacial score (nSPS) is 12.4. The Morgan fingerprint density at radius 2 is 1.74 bits per heavy atom. The fraction of sp³-hybridized carbons (Fsp3) is 0.156. The van der Waals surface area contributed by atoms with Crippen molar-refractivity contribution < 1.29 is 9.90 Å². The van der Waals surface area contributed by atoms with Crippen LogP contribution in [0, 0.1) is 6.92 Å². The van der Waals surface area contributed by atoms with E-state index in [0.717, 1.165) is 50.2 Å². The first-order chi connectivity index (χ1) is 18.1. The van der Waals surface area contributed by atoms with Gasteiger partial charge in [-0.3, -0.25) is 14.2 Å². The molecule has 1 aliphatic carbocycles. The summed E-state index contributed by atoms with van der Waals surface area (Å²) < 4.78 is 1.59. The molecule has 0 fully saturated rings. The maximum absolute atomic E-state index is 13.4. The summed E-state index contributed by atoms with van der Waals surface area (Å²) in [6.45, 7) is 5.51. The van der Waals surface area contributed by atoms with E-state index in [1.165, 1.54) is 0 Å². The van der Waals surface area contributed by atoms with Crippen LogP contribution in [0.3, 0.4) is 0 Å². The second-order valence-electron chi connectivity index (χ2n) is 10.4. The number of fused-ring (bicyclic) bond motifs is 4. The highest BCUT2D eigenvalue weighted by atomic mass is 16.3. The van der Waals surface area contributed by atoms with Gasteiger partial charge in [0.15, 0.2) is 0 Å². The van der Waals surface area contributed by atoms with Gasteiger partial charge >= 0.3 is 0 Å². The number of hydrogen-bond acceptors (Lipinski definition) is 4. The van der Waals surface area contributed by atoms with E-state index in [1.807, 2.05) is 67.6 Å². The molecule has 1 amide bonds. The summed E-state index contributed by atoms with van der Waals surface area (Å²) in [7, 11) is 0. The quantitative estimate of drug-likeness (QED) is 0.344. The number of amides is 1. The van der Waals surface area contributed by atoms with Crippen LogP contribution in [0.4, 0.5) is 0 Å². The molecule has 0 radical (unpaired) electrons. The van der Waals surface area contributed by atoms with Gasteiger partial charge in [0.1, 0.15) is 6.33 Å². The lowest BCUT2D eigenvalue weighted by atomic mass is 9.88. The van der Waals surface area contributed by atoms with Crippen molar-refractivity contribution in [1.82, 2.24) is 9.55 Å². The average molecular weight is 502 g/mol. The smallest absolute Gasteiger partial charge is 0.265 e. The number of benzene rings is 4. The topological polar surface area (TPSA) is 98.2 Å². The van der Waals surface area contributed by atoms with Crippen LogP contribution in [-0.4, -0.2) is 20.6 Å². The van der Waals surface area contributed by atoms with Crippen LogP contribution >= 0.6 is 0 Å². The van der Waals surface area contributed by atoms with Crippen molar-refractivity contribution in [3.8, 4) is 27.9 Å². The maximum atomic E-state index is 13.4. The van der Waals surface area contributed by atoms with Gasteiger partial charge in [-0.15, -0.1) is 0 Å². The Hall–Kier alpha value is -4.55. The molecule has 188 valence electrons. The fourth-order valence-corrected chi connectivity index (χ4v) is 5.57. The molecule has 38 heavy (non-hydrogen) atoms. The van der Waals surface area contributed by atoms with Crippen LogP contribution in [0.25, 0.3) is 38.8 Å². The summed E-state index contributed by atoms with van der Waals surface area (Å²) in [5.41, 5.74) is 14.1. The van der Waals surface area contributed by atoms with Gasteiger partial charge in [-0.25, -0.2) is 4.98 Å². The molecule has 0 aliphatic heterocycles. The summed E-state index contributed by atoms with van der Waals surface area (Å²) in [5, 5.41) is 11.1. The zero-order valence-electron chi connectivity index (χ0n) is 21.4. The third-order valence-corrected chi connectivity index (χ3v) is 7.55. The Morgan fingerprint density at radius 1 is 0.974 bits per heavy atom. The van der Waals surface area contributed by atoms with Gasteiger partial charge in [-0.1, -0.05) is 48.5 Å². The highest BCUT2D eigenvalue weighted by molar-refractivity contribution is 6.02. The van der Waals surface area contributed by atoms with Crippen molar-refractivity contribution in [1.29, 1.82) is 0 Å². The van der Waals surface area contributed by atoms with Crippen LogP contribution in [0.15, 0.2) is 83.9 Å². The van der Waals surface area contributed by atoms with Crippen molar-refractivity contribution in [2.45, 2.75) is 32.8 Å². The molecule has 0 saturated heterocycles. The van der Waals surface area contributed by atoms with Crippen LogP contribution in [0.5, 0.6) is 0 Å². The number of carbonyl (C=O) groups is 1. The number of primary amides is 1. The molecule has 1 heterocycles. The SMILES string of the molecule is Cc1c(-c2ccc(C(N)=O)c3c2-c2ccc(C(C)(C)O)cc2C3)cccc1-n1cnc2ccccc2c1=O. The second-order valence-corrected chi connectivity index (χ2v) is 10.4. The van der Waals surface area contributed by atoms with E-state index in [0.29, 0.717) is 22.9 Å². The van der Waals surface area contributed by atoms with Crippen molar-refractivity contribution in [2.24, 2.45) is 5.73 Å². The van der Waals surface area contributed by atoms with E-state index < -0.39 is 11.5 Å². The highest BCUT2D eigenvalue weighted by Crippen LogP contribution is 2.46. The van der Waals surface area contributed by atoms with Gasteiger partial charge in [-0.2, -0.15) is 0 Å². The summed E-state index contributed by atoms with van der Waals surface area (Å²) in [6, 6.07) is 22.9. The predicted molar refractivity (Wildman–Crippen MR) is 150 cm³/mol. The first-order valence-corrected chi connectivity index (χ1v) is 12.5.